The highest BCUT2D eigenvalue weighted by molar-refractivity contribution is 5.68. The molecule has 0 radical (unpaired) electrons. The van der Waals surface area contributed by atoms with Crippen molar-refractivity contribution in [3.05, 3.63) is 29.8 Å². The number of piperidine rings is 1. The number of hydrogen-bond donors (Lipinski definition) is 0. The first-order valence-electron chi connectivity index (χ1n) is 9.31. The first kappa shape index (κ1) is 19.5. The zero-order valence-electron chi connectivity index (χ0n) is 16.3. The van der Waals surface area contributed by atoms with Gasteiger partial charge in [-0.15, -0.1) is 0 Å². The molecule has 27 heavy (non-hydrogen) atoms. The molecule has 1 spiro atoms. The third-order valence-electron chi connectivity index (χ3n) is 4.93. The average molecular weight is 376 g/mol. The Kier molecular flexibility index (Phi) is 5.60. The summed E-state index contributed by atoms with van der Waals surface area (Å²) in [5.74, 6) is 0. The predicted octanol–water partition coefficient (Wildman–Crippen LogP) is 2.92. The normalized spacial score (nSPS) is 19.2. The van der Waals surface area contributed by atoms with E-state index in [1.165, 1.54) is 0 Å². The molecule has 1 aromatic carbocycles. The maximum Gasteiger partial charge on any atom is 0.410 e. The SMILES string of the molecule is CC(C)(C)OC(=O)N1CCC2(CC1)CN(c1cccc(COC=O)c1)CO2. The van der Waals surface area contributed by atoms with Crippen molar-refractivity contribution in [2.75, 3.05) is 31.3 Å². The van der Waals surface area contributed by atoms with Gasteiger partial charge >= 0.3 is 6.09 Å². The van der Waals surface area contributed by atoms with Crippen LogP contribution in [0.1, 0.15) is 39.2 Å². The second kappa shape index (κ2) is 7.76. The molecular weight excluding hydrogens is 348 g/mol. The molecule has 2 aliphatic rings. The van der Waals surface area contributed by atoms with Crippen LogP contribution < -0.4 is 4.90 Å². The molecule has 3 rings (SSSR count). The smallest absolute Gasteiger partial charge is 0.410 e. The van der Waals surface area contributed by atoms with Gasteiger partial charge in [0.25, 0.3) is 6.47 Å². The number of rotatable bonds is 4. The van der Waals surface area contributed by atoms with Gasteiger partial charge in [0, 0.05) is 25.3 Å². The molecule has 2 fully saturated rings. The Bertz CT molecular complexity index is 677. The highest BCUT2D eigenvalue weighted by atomic mass is 16.6. The maximum atomic E-state index is 12.2. The Hall–Kier alpha value is -2.28. The lowest BCUT2D eigenvalue weighted by molar-refractivity contribution is -0.129. The van der Waals surface area contributed by atoms with E-state index in [9.17, 15) is 9.59 Å². The Morgan fingerprint density at radius 2 is 2.04 bits per heavy atom. The predicted molar refractivity (Wildman–Crippen MR) is 100 cm³/mol. The summed E-state index contributed by atoms with van der Waals surface area (Å²) >= 11 is 0. The van der Waals surface area contributed by atoms with E-state index in [1.807, 2.05) is 45.0 Å². The van der Waals surface area contributed by atoms with Crippen molar-refractivity contribution in [1.29, 1.82) is 0 Å². The summed E-state index contributed by atoms with van der Waals surface area (Å²) in [5, 5.41) is 0. The summed E-state index contributed by atoms with van der Waals surface area (Å²) in [6, 6.07) is 7.93. The summed E-state index contributed by atoms with van der Waals surface area (Å²) < 4.78 is 16.5. The summed E-state index contributed by atoms with van der Waals surface area (Å²) in [6.45, 7) is 8.93. The molecule has 7 heteroatoms. The van der Waals surface area contributed by atoms with Gasteiger partial charge in [0.15, 0.2) is 0 Å². The van der Waals surface area contributed by atoms with Crippen LogP contribution in [0.4, 0.5) is 10.5 Å². The minimum atomic E-state index is -0.481. The molecule has 2 aliphatic heterocycles. The number of carbonyl (C=O) groups excluding carboxylic acids is 2. The third kappa shape index (κ3) is 4.91. The molecule has 1 aromatic rings. The number of likely N-dealkylation sites (tertiary alicyclic amines) is 1. The van der Waals surface area contributed by atoms with E-state index in [-0.39, 0.29) is 18.3 Å². The zero-order chi connectivity index (χ0) is 19.5. The van der Waals surface area contributed by atoms with Gasteiger partial charge in [0.05, 0.1) is 5.60 Å². The fourth-order valence-electron chi connectivity index (χ4n) is 3.52. The fourth-order valence-corrected chi connectivity index (χ4v) is 3.52. The van der Waals surface area contributed by atoms with Crippen LogP contribution in [0.15, 0.2) is 24.3 Å². The second-order valence-corrected chi connectivity index (χ2v) is 8.20. The molecule has 1 amide bonds. The summed E-state index contributed by atoms with van der Waals surface area (Å²) in [6.07, 6.45) is 1.32. The van der Waals surface area contributed by atoms with Gasteiger partial charge in [-0.25, -0.2) is 4.79 Å². The van der Waals surface area contributed by atoms with Gasteiger partial charge in [0.2, 0.25) is 0 Å². The number of nitrogens with zero attached hydrogens (tertiary/aromatic N) is 2. The van der Waals surface area contributed by atoms with Crippen molar-refractivity contribution in [2.45, 2.75) is 51.4 Å². The van der Waals surface area contributed by atoms with Crippen LogP contribution in [0.3, 0.4) is 0 Å². The number of benzene rings is 1. The van der Waals surface area contributed by atoms with E-state index in [0.29, 0.717) is 26.3 Å². The van der Waals surface area contributed by atoms with E-state index in [2.05, 4.69) is 4.90 Å². The zero-order valence-corrected chi connectivity index (χ0v) is 16.3. The summed E-state index contributed by atoms with van der Waals surface area (Å²) in [5.41, 5.74) is 1.29. The summed E-state index contributed by atoms with van der Waals surface area (Å²) in [7, 11) is 0. The lowest BCUT2D eigenvalue weighted by Gasteiger charge is -2.38. The first-order chi connectivity index (χ1) is 12.8. The lowest BCUT2D eigenvalue weighted by atomic mass is 9.91. The molecule has 0 atom stereocenters. The summed E-state index contributed by atoms with van der Waals surface area (Å²) in [4.78, 5) is 26.6. The van der Waals surface area contributed by atoms with Crippen molar-refractivity contribution < 1.29 is 23.8 Å². The van der Waals surface area contributed by atoms with Crippen LogP contribution in [-0.4, -0.2) is 55.0 Å². The molecule has 2 saturated heterocycles. The van der Waals surface area contributed by atoms with Gasteiger partial charge in [-0.05, 0) is 51.3 Å². The standard InChI is InChI=1S/C20H28N2O5/c1-19(2,3)27-18(24)21-9-7-20(8-10-21)13-22(14-26-20)17-6-4-5-16(11-17)12-25-15-23/h4-6,11,15H,7-10,12-14H2,1-3H3. The van der Waals surface area contributed by atoms with Gasteiger partial charge in [-0.2, -0.15) is 0 Å². The van der Waals surface area contributed by atoms with E-state index < -0.39 is 5.60 Å². The minimum Gasteiger partial charge on any atom is -0.463 e. The van der Waals surface area contributed by atoms with Crippen LogP contribution in [0, 0.1) is 0 Å². The van der Waals surface area contributed by atoms with Gasteiger partial charge in [-0.3, -0.25) is 4.79 Å². The lowest BCUT2D eigenvalue weighted by Crippen LogP contribution is -2.49. The molecule has 0 unspecified atom stereocenters. The van der Waals surface area contributed by atoms with Crippen LogP contribution in [-0.2, 0) is 25.6 Å². The number of ether oxygens (including phenoxy) is 3. The van der Waals surface area contributed by atoms with E-state index in [0.717, 1.165) is 30.6 Å². The van der Waals surface area contributed by atoms with Crippen LogP contribution in [0.5, 0.6) is 0 Å². The fraction of sp³-hybridized carbons (Fsp3) is 0.600. The number of hydrogen-bond acceptors (Lipinski definition) is 6. The van der Waals surface area contributed by atoms with E-state index >= 15 is 0 Å². The maximum absolute atomic E-state index is 12.2. The Labute approximate surface area is 160 Å². The Balaban J connectivity index is 1.57. The molecule has 0 aromatic heterocycles. The van der Waals surface area contributed by atoms with Crippen LogP contribution >= 0.6 is 0 Å². The molecule has 148 valence electrons. The quantitative estimate of drug-likeness (QED) is 0.753. The van der Waals surface area contributed by atoms with Crippen molar-refractivity contribution in [2.24, 2.45) is 0 Å². The number of anilines is 1. The van der Waals surface area contributed by atoms with Crippen molar-refractivity contribution in [1.82, 2.24) is 4.90 Å². The molecule has 0 N–H and O–H groups in total. The molecule has 0 saturated carbocycles. The average Bonchev–Trinajstić information content (AvgIpc) is 3.03. The molecule has 7 nitrogen and oxygen atoms in total. The van der Waals surface area contributed by atoms with Crippen molar-refractivity contribution in [3.8, 4) is 0 Å². The molecule has 0 bridgehead atoms. The van der Waals surface area contributed by atoms with Crippen LogP contribution in [0.2, 0.25) is 0 Å². The third-order valence-corrected chi connectivity index (χ3v) is 4.93. The Morgan fingerprint density at radius 1 is 1.30 bits per heavy atom. The van der Waals surface area contributed by atoms with Crippen molar-refractivity contribution in [3.63, 3.8) is 0 Å². The highest BCUT2D eigenvalue weighted by Crippen LogP contribution is 2.35. The molecular formula is C20H28N2O5. The first-order valence-corrected chi connectivity index (χ1v) is 9.31. The highest BCUT2D eigenvalue weighted by Gasteiger charge is 2.43. The van der Waals surface area contributed by atoms with Gasteiger partial charge in [-0.1, -0.05) is 12.1 Å². The second-order valence-electron chi connectivity index (χ2n) is 8.20. The molecule has 2 heterocycles. The van der Waals surface area contributed by atoms with E-state index in [4.69, 9.17) is 14.2 Å². The minimum absolute atomic E-state index is 0.228. The Morgan fingerprint density at radius 3 is 2.70 bits per heavy atom. The van der Waals surface area contributed by atoms with Gasteiger partial charge < -0.3 is 24.0 Å². The number of carbonyl (C=O) groups is 2. The van der Waals surface area contributed by atoms with Crippen molar-refractivity contribution >= 4 is 18.3 Å². The molecule has 0 aliphatic carbocycles. The van der Waals surface area contributed by atoms with E-state index in [1.54, 1.807) is 4.90 Å². The topological polar surface area (TPSA) is 68.3 Å². The number of amides is 1. The monoisotopic (exact) mass is 376 g/mol. The van der Waals surface area contributed by atoms with Crippen LogP contribution in [0.25, 0.3) is 0 Å². The largest absolute Gasteiger partial charge is 0.463 e. The van der Waals surface area contributed by atoms with Gasteiger partial charge in [0.1, 0.15) is 18.9 Å².